The van der Waals surface area contributed by atoms with Gasteiger partial charge in [0.05, 0.1) is 0 Å². The summed E-state index contributed by atoms with van der Waals surface area (Å²) in [5.74, 6) is 1.81. The molecule has 0 aromatic heterocycles. The Kier molecular flexibility index (Phi) is 7.41. The van der Waals surface area contributed by atoms with Crippen molar-refractivity contribution in [3.8, 4) is 11.5 Å². The van der Waals surface area contributed by atoms with E-state index in [1.165, 1.54) is 18.4 Å². The van der Waals surface area contributed by atoms with Crippen LogP contribution in [-0.2, 0) is 6.42 Å². The van der Waals surface area contributed by atoms with Crippen LogP contribution in [0.2, 0.25) is 0 Å². The summed E-state index contributed by atoms with van der Waals surface area (Å²) in [5.41, 5.74) is 1.35. The fourth-order valence-electron chi connectivity index (χ4n) is 1.77. The Morgan fingerprint density at radius 2 is 1.53 bits per heavy atom. The number of aryl methyl sites for hydroxylation is 1. The molecule has 102 valence electrons. The first kappa shape index (κ1) is 15.3. The Morgan fingerprint density at radius 3 is 2.21 bits per heavy atom. The van der Waals surface area contributed by atoms with Crippen molar-refractivity contribution in [3.63, 3.8) is 0 Å². The third-order valence-electron chi connectivity index (χ3n) is 2.70. The quantitative estimate of drug-likeness (QED) is 0.652. The minimum absolute atomic E-state index is 0.889. The van der Waals surface area contributed by atoms with E-state index < -0.39 is 0 Å². The Labute approximate surface area is 117 Å². The molecule has 0 saturated carbocycles. The fraction of sp³-hybridized carbons (Fsp3) is 0.333. The minimum atomic E-state index is 0.889. The molecule has 0 radical (unpaired) electrons. The second kappa shape index (κ2) is 9.21. The van der Waals surface area contributed by atoms with Crippen LogP contribution in [0.15, 0.2) is 54.6 Å². The smallest absolute Gasteiger partial charge is 0.127 e. The summed E-state index contributed by atoms with van der Waals surface area (Å²) in [6.07, 6.45) is 3.58. The molecule has 0 N–H and O–H groups in total. The van der Waals surface area contributed by atoms with Gasteiger partial charge in [-0.2, -0.15) is 0 Å². The molecule has 0 saturated heterocycles. The van der Waals surface area contributed by atoms with E-state index >= 15 is 0 Å². The average Bonchev–Trinajstić information content (AvgIpc) is 2.49. The number of unbranched alkanes of at least 4 members (excludes halogenated alkanes) is 1. The Morgan fingerprint density at radius 1 is 0.842 bits per heavy atom. The van der Waals surface area contributed by atoms with Crippen LogP contribution >= 0.6 is 0 Å². The van der Waals surface area contributed by atoms with E-state index in [-0.39, 0.29) is 0 Å². The van der Waals surface area contributed by atoms with E-state index in [4.69, 9.17) is 4.74 Å². The minimum Gasteiger partial charge on any atom is -0.457 e. The van der Waals surface area contributed by atoms with Crippen LogP contribution in [-0.4, -0.2) is 0 Å². The second-order valence-corrected chi connectivity index (χ2v) is 4.17. The highest BCUT2D eigenvalue weighted by atomic mass is 16.5. The van der Waals surface area contributed by atoms with E-state index in [0.717, 1.165) is 17.9 Å². The fourth-order valence-corrected chi connectivity index (χ4v) is 1.77. The molecule has 2 aromatic carbocycles. The molecule has 0 unspecified atom stereocenters. The molecule has 0 aliphatic rings. The van der Waals surface area contributed by atoms with E-state index in [0.29, 0.717) is 0 Å². The maximum Gasteiger partial charge on any atom is 0.127 e. The van der Waals surface area contributed by atoms with Crippen molar-refractivity contribution in [2.45, 2.75) is 40.0 Å². The highest BCUT2D eigenvalue weighted by molar-refractivity contribution is 5.33. The molecule has 0 amide bonds. The third kappa shape index (κ3) is 5.60. The van der Waals surface area contributed by atoms with Crippen molar-refractivity contribution in [2.24, 2.45) is 0 Å². The SMILES string of the molecule is CC.CCCCc1cccc(Oc2ccccc2)c1. The Balaban J connectivity index is 0.000000861. The van der Waals surface area contributed by atoms with Crippen molar-refractivity contribution >= 4 is 0 Å². The zero-order chi connectivity index (χ0) is 13.9. The first-order valence-electron chi connectivity index (χ1n) is 7.20. The van der Waals surface area contributed by atoms with E-state index in [1.54, 1.807) is 0 Å². The molecule has 0 spiro atoms. The van der Waals surface area contributed by atoms with Gasteiger partial charge < -0.3 is 4.74 Å². The number of hydrogen-bond acceptors (Lipinski definition) is 1. The van der Waals surface area contributed by atoms with Crippen LogP contribution in [0.25, 0.3) is 0 Å². The van der Waals surface area contributed by atoms with Gasteiger partial charge in [-0.05, 0) is 42.7 Å². The Bertz CT molecular complexity index is 448. The highest BCUT2D eigenvalue weighted by Gasteiger charge is 1.98. The van der Waals surface area contributed by atoms with Gasteiger partial charge in [-0.1, -0.05) is 57.5 Å². The normalized spacial score (nSPS) is 9.42. The van der Waals surface area contributed by atoms with E-state index in [9.17, 15) is 0 Å². The van der Waals surface area contributed by atoms with E-state index in [1.807, 2.05) is 50.2 Å². The summed E-state index contributed by atoms with van der Waals surface area (Å²) < 4.78 is 5.80. The molecule has 0 bridgehead atoms. The zero-order valence-electron chi connectivity index (χ0n) is 12.2. The van der Waals surface area contributed by atoms with Crippen LogP contribution in [0.5, 0.6) is 11.5 Å². The van der Waals surface area contributed by atoms with Crippen molar-refractivity contribution in [1.82, 2.24) is 0 Å². The number of ether oxygens (including phenoxy) is 1. The van der Waals surface area contributed by atoms with Crippen molar-refractivity contribution < 1.29 is 4.74 Å². The zero-order valence-corrected chi connectivity index (χ0v) is 12.2. The lowest BCUT2D eigenvalue weighted by atomic mass is 10.1. The van der Waals surface area contributed by atoms with Gasteiger partial charge in [0, 0.05) is 0 Å². The lowest BCUT2D eigenvalue weighted by molar-refractivity contribution is 0.482. The van der Waals surface area contributed by atoms with Gasteiger partial charge in [-0.25, -0.2) is 0 Å². The van der Waals surface area contributed by atoms with E-state index in [2.05, 4.69) is 25.1 Å². The van der Waals surface area contributed by atoms with Gasteiger partial charge in [0.1, 0.15) is 11.5 Å². The maximum atomic E-state index is 5.80. The molecule has 0 aliphatic heterocycles. The van der Waals surface area contributed by atoms with Crippen LogP contribution in [0.1, 0.15) is 39.2 Å². The molecule has 2 rings (SSSR count). The average molecular weight is 256 g/mol. The van der Waals surface area contributed by atoms with Gasteiger partial charge in [0.2, 0.25) is 0 Å². The van der Waals surface area contributed by atoms with Gasteiger partial charge in [0.25, 0.3) is 0 Å². The molecule has 1 nitrogen and oxygen atoms in total. The first-order chi connectivity index (χ1) is 9.38. The monoisotopic (exact) mass is 256 g/mol. The summed E-state index contributed by atoms with van der Waals surface area (Å²) in [4.78, 5) is 0. The molecule has 0 aliphatic carbocycles. The highest BCUT2D eigenvalue weighted by Crippen LogP contribution is 2.22. The number of rotatable bonds is 5. The number of para-hydroxylation sites is 1. The van der Waals surface area contributed by atoms with Gasteiger partial charge in [0.15, 0.2) is 0 Å². The summed E-state index contributed by atoms with van der Waals surface area (Å²) in [6, 6.07) is 18.2. The molecule has 0 atom stereocenters. The van der Waals surface area contributed by atoms with Crippen LogP contribution in [0.3, 0.4) is 0 Å². The van der Waals surface area contributed by atoms with Crippen molar-refractivity contribution in [3.05, 3.63) is 60.2 Å². The summed E-state index contributed by atoms with van der Waals surface area (Å²) in [6.45, 7) is 6.21. The predicted octanol–water partition coefficient (Wildman–Crippen LogP) is 5.85. The largest absolute Gasteiger partial charge is 0.457 e. The lowest BCUT2D eigenvalue weighted by Gasteiger charge is -2.07. The van der Waals surface area contributed by atoms with Gasteiger partial charge in [-0.3, -0.25) is 0 Å². The molecule has 0 fully saturated rings. The standard InChI is InChI=1S/C16H18O.C2H6/c1-2-3-8-14-9-7-12-16(13-14)17-15-10-5-4-6-11-15;1-2/h4-7,9-13H,2-3,8H2,1H3;1-2H3. The summed E-state index contributed by atoms with van der Waals surface area (Å²) >= 11 is 0. The summed E-state index contributed by atoms with van der Waals surface area (Å²) in [5, 5.41) is 0. The van der Waals surface area contributed by atoms with Crippen molar-refractivity contribution in [1.29, 1.82) is 0 Å². The third-order valence-corrected chi connectivity index (χ3v) is 2.70. The molecule has 2 aromatic rings. The lowest BCUT2D eigenvalue weighted by Crippen LogP contribution is -1.87. The van der Waals surface area contributed by atoms with Gasteiger partial charge >= 0.3 is 0 Å². The van der Waals surface area contributed by atoms with Crippen LogP contribution in [0, 0.1) is 0 Å². The van der Waals surface area contributed by atoms with Crippen LogP contribution in [0.4, 0.5) is 0 Å². The maximum absolute atomic E-state index is 5.80. The molecular formula is C18H24O. The summed E-state index contributed by atoms with van der Waals surface area (Å²) in [7, 11) is 0. The number of benzene rings is 2. The van der Waals surface area contributed by atoms with Gasteiger partial charge in [-0.15, -0.1) is 0 Å². The van der Waals surface area contributed by atoms with Crippen molar-refractivity contribution in [2.75, 3.05) is 0 Å². The molecular weight excluding hydrogens is 232 g/mol. The molecule has 0 heterocycles. The predicted molar refractivity (Wildman–Crippen MR) is 82.9 cm³/mol. The second-order valence-electron chi connectivity index (χ2n) is 4.17. The topological polar surface area (TPSA) is 9.23 Å². The first-order valence-corrected chi connectivity index (χ1v) is 7.20. The van der Waals surface area contributed by atoms with Crippen LogP contribution < -0.4 is 4.74 Å². The molecule has 1 heteroatoms. The Hall–Kier alpha value is -1.76. The number of hydrogen-bond donors (Lipinski definition) is 0. The molecule has 19 heavy (non-hydrogen) atoms.